The topological polar surface area (TPSA) is 9.23 Å². The van der Waals surface area contributed by atoms with Crippen molar-refractivity contribution in [2.24, 2.45) is 0 Å². The van der Waals surface area contributed by atoms with E-state index in [1.807, 2.05) is 20.1 Å². The zero-order valence-corrected chi connectivity index (χ0v) is 5.48. The lowest BCUT2D eigenvalue weighted by atomic mass is 10.4. The molecule has 1 aliphatic carbocycles. The van der Waals surface area contributed by atoms with Crippen molar-refractivity contribution in [2.75, 3.05) is 0 Å². The second-order valence-corrected chi connectivity index (χ2v) is 2.53. The van der Waals surface area contributed by atoms with Gasteiger partial charge in [0.05, 0.1) is 12.4 Å². The summed E-state index contributed by atoms with van der Waals surface area (Å²) in [5.41, 5.74) is 1.25. The number of hydrogen-bond donors (Lipinski definition) is 0. The number of hydrogen-bond acceptors (Lipinski definition) is 1. The summed E-state index contributed by atoms with van der Waals surface area (Å²) >= 11 is 0. The van der Waals surface area contributed by atoms with E-state index in [1.54, 1.807) is 0 Å². The Bertz CT molecular complexity index is 97.0. The fourth-order valence-corrected chi connectivity index (χ4v) is 0.436. The molecule has 8 heavy (non-hydrogen) atoms. The molecule has 0 aromatic carbocycles. The molecule has 1 nitrogen and oxygen atoms in total. The summed E-state index contributed by atoms with van der Waals surface area (Å²) in [5, 5.41) is 0. The van der Waals surface area contributed by atoms with Crippen molar-refractivity contribution in [3.05, 3.63) is 11.8 Å². The normalized spacial score (nSPS) is 17.8. The molecule has 1 rings (SSSR count). The lowest BCUT2D eigenvalue weighted by Gasteiger charge is -1.94. The van der Waals surface area contributed by atoms with Crippen molar-refractivity contribution >= 4 is 0 Å². The summed E-state index contributed by atoms with van der Waals surface area (Å²) in [6.07, 6.45) is 4.91. The van der Waals surface area contributed by atoms with Crippen LogP contribution in [0.4, 0.5) is 0 Å². The van der Waals surface area contributed by atoms with Crippen LogP contribution in [-0.2, 0) is 4.74 Å². The Labute approximate surface area is 50.3 Å². The van der Waals surface area contributed by atoms with Gasteiger partial charge >= 0.3 is 0 Å². The molecule has 0 aromatic rings. The quantitative estimate of drug-likeness (QED) is 0.497. The van der Waals surface area contributed by atoms with E-state index >= 15 is 0 Å². The fraction of sp³-hybridized carbons (Fsp3) is 0.714. The third-order valence-corrected chi connectivity index (χ3v) is 1.02. The molecule has 0 amide bonds. The Morgan fingerprint density at radius 3 is 2.50 bits per heavy atom. The average Bonchev–Trinajstić information content (AvgIpc) is 2.41. The molecule has 0 spiro atoms. The Morgan fingerprint density at radius 1 is 1.50 bits per heavy atom. The van der Waals surface area contributed by atoms with Gasteiger partial charge in [-0.05, 0) is 32.3 Å². The molecule has 0 radical (unpaired) electrons. The minimum absolute atomic E-state index is 0.560. The van der Waals surface area contributed by atoms with Gasteiger partial charge in [-0.15, -0.1) is 0 Å². The third-order valence-electron chi connectivity index (χ3n) is 1.02. The van der Waals surface area contributed by atoms with Crippen LogP contribution in [-0.4, -0.2) is 6.10 Å². The van der Waals surface area contributed by atoms with E-state index in [1.165, 1.54) is 18.4 Å². The maximum absolute atomic E-state index is 5.25. The van der Waals surface area contributed by atoms with Crippen molar-refractivity contribution in [1.82, 2.24) is 0 Å². The number of ether oxygens (including phenoxy) is 1. The molecule has 1 fully saturated rings. The van der Waals surface area contributed by atoms with Gasteiger partial charge in [-0.1, -0.05) is 0 Å². The van der Waals surface area contributed by atoms with Crippen molar-refractivity contribution < 1.29 is 4.74 Å². The van der Waals surface area contributed by atoms with Crippen LogP contribution in [0.5, 0.6) is 0 Å². The molecule has 46 valence electrons. The first kappa shape index (κ1) is 5.67. The Morgan fingerprint density at radius 2 is 2.12 bits per heavy atom. The van der Waals surface area contributed by atoms with E-state index in [-0.39, 0.29) is 0 Å². The summed E-state index contributed by atoms with van der Waals surface area (Å²) in [7, 11) is 0. The molecule has 1 saturated carbocycles. The van der Waals surface area contributed by atoms with Gasteiger partial charge in [-0.3, -0.25) is 0 Å². The Balaban J connectivity index is 2.10. The highest BCUT2D eigenvalue weighted by Gasteiger charge is 2.21. The summed E-state index contributed by atoms with van der Waals surface area (Å²) in [6.45, 7) is 4.09. The highest BCUT2D eigenvalue weighted by molar-refractivity contribution is 4.89. The minimum Gasteiger partial charge on any atom is -0.498 e. The van der Waals surface area contributed by atoms with Gasteiger partial charge < -0.3 is 4.74 Å². The molecule has 0 heterocycles. The number of rotatable bonds is 2. The molecule has 0 N–H and O–H groups in total. The first-order valence-electron chi connectivity index (χ1n) is 3.08. The van der Waals surface area contributed by atoms with Gasteiger partial charge in [-0.2, -0.15) is 0 Å². The van der Waals surface area contributed by atoms with Crippen molar-refractivity contribution in [3.8, 4) is 0 Å². The first-order chi connectivity index (χ1) is 3.79. The first-order valence-corrected chi connectivity index (χ1v) is 3.08. The molecule has 1 heteroatoms. The summed E-state index contributed by atoms with van der Waals surface area (Å²) in [5.74, 6) is 0. The van der Waals surface area contributed by atoms with E-state index in [2.05, 4.69) is 0 Å². The zero-order valence-electron chi connectivity index (χ0n) is 5.48. The highest BCUT2D eigenvalue weighted by Crippen LogP contribution is 2.23. The third kappa shape index (κ3) is 2.01. The average molecular weight is 112 g/mol. The van der Waals surface area contributed by atoms with Crippen LogP contribution >= 0.6 is 0 Å². The summed E-state index contributed by atoms with van der Waals surface area (Å²) < 4.78 is 5.25. The fourth-order valence-electron chi connectivity index (χ4n) is 0.436. The second kappa shape index (κ2) is 2.21. The van der Waals surface area contributed by atoms with E-state index < -0.39 is 0 Å². The van der Waals surface area contributed by atoms with Crippen LogP contribution in [0, 0.1) is 0 Å². The minimum atomic E-state index is 0.560. The Kier molecular flexibility index (Phi) is 1.56. The van der Waals surface area contributed by atoms with E-state index in [9.17, 15) is 0 Å². The summed E-state index contributed by atoms with van der Waals surface area (Å²) in [4.78, 5) is 0. The van der Waals surface area contributed by atoms with Crippen LogP contribution in [0.2, 0.25) is 0 Å². The molecule has 0 aromatic heterocycles. The van der Waals surface area contributed by atoms with Crippen LogP contribution in [0.1, 0.15) is 26.7 Å². The molecular weight excluding hydrogens is 100 g/mol. The van der Waals surface area contributed by atoms with Crippen LogP contribution in [0.3, 0.4) is 0 Å². The summed E-state index contributed by atoms with van der Waals surface area (Å²) in [6, 6.07) is 0. The molecular formula is C7H12O. The maximum Gasteiger partial charge on any atom is 0.0981 e. The predicted octanol–water partition coefficient (Wildman–Crippen LogP) is 2.09. The van der Waals surface area contributed by atoms with Crippen LogP contribution in [0.15, 0.2) is 11.8 Å². The van der Waals surface area contributed by atoms with E-state index in [4.69, 9.17) is 4.74 Å². The maximum atomic E-state index is 5.25. The van der Waals surface area contributed by atoms with Gasteiger partial charge in [0.1, 0.15) is 0 Å². The number of allylic oxidation sites excluding steroid dienone is 1. The SMILES string of the molecule is CC(C)=COC1CC1. The molecule has 0 atom stereocenters. The van der Waals surface area contributed by atoms with Crippen LogP contribution in [0.25, 0.3) is 0 Å². The van der Waals surface area contributed by atoms with Gasteiger partial charge in [0.25, 0.3) is 0 Å². The molecule has 0 bridgehead atoms. The molecule has 0 saturated heterocycles. The molecule has 0 unspecified atom stereocenters. The van der Waals surface area contributed by atoms with E-state index in [0.29, 0.717) is 6.10 Å². The second-order valence-electron chi connectivity index (χ2n) is 2.53. The Hall–Kier alpha value is -0.460. The van der Waals surface area contributed by atoms with Gasteiger partial charge in [0.2, 0.25) is 0 Å². The molecule has 1 aliphatic rings. The predicted molar refractivity (Wildman–Crippen MR) is 33.5 cm³/mol. The van der Waals surface area contributed by atoms with Crippen LogP contribution < -0.4 is 0 Å². The lowest BCUT2D eigenvalue weighted by Crippen LogP contribution is -1.82. The lowest BCUT2D eigenvalue weighted by molar-refractivity contribution is 0.231. The van der Waals surface area contributed by atoms with Crippen molar-refractivity contribution in [3.63, 3.8) is 0 Å². The van der Waals surface area contributed by atoms with Gasteiger partial charge in [-0.25, -0.2) is 0 Å². The zero-order chi connectivity index (χ0) is 5.98. The van der Waals surface area contributed by atoms with Crippen molar-refractivity contribution in [2.45, 2.75) is 32.8 Å². The largest absolute Gasteiger partial charge is 0.498 e. The monoisotopic (exact) mass is 112 g/mol. The smallest absolute Gasteiger partial charge is 0.0981 e. The van der Waals surface area contributed by atoms with Crippen molar-refractivity contribution in [1.29, 1.82) is 0 Å². The highest BCUT2D eigenvalue weighted by atomic mass is 16.5. The van der Waals surface area contributed by atoms with Gasteiger partial charge in [0.15, 0.2) is 0 Å². The molecule has 0 aliphatic heterocycles. The standard InChI is InChI=1S/C7H12O/c1-6(2)5-8-7-3-4-7/h5,7H,3-4H2,1-2H3. The van der Waals surface area contributed by atoms with Gasteiger partial charge in [0, 0.05) is 0 Å². The van der Waals surface area contributed by atoms with E-state index in [0.717, 1.165) is 0 Å².